The van der Waals surface area contributed by atoms with Gasteiger partial charge in [0.25, 0.3) is 0 Å². The molecule has 1 unspecified atom stereocenters. The number of nitrogens with one attached hydrogen (secondary N) is 1. The van der Waals surface area contributed by atoms with Crippen LogP contribution in [0.1, 0.15) is 43.2 Å². The van der Waals surface area contributed by atoms with Crippen LogP contribution in [0.3, 0.4) is 0 Å². The van der Waals surface area contributed by atoms with Crippen LogP contribution < -0.4 is 5.32 Å². The van der Waals surface area contributed by atoms with Crippen molar-refractivity contribution >= 4 is 17.5 Å². The van der Waals surface area contributed by atoms with Gasteiger partial charge >= 0.3 is 0 Å². The fourth-order valence-corrected chi connectivity index (χ4v) is 3.33. The highest BCUT2D eigenvalue weighted by atomic mass is 16.2. The standard InChI is InChI=1S/C21H24N2O2/c1-2-19(17-9-4-3-5-10-17)21(25)22-18-11-6-8-16(14-18)15-23-13-7-12-20(23)24/h3-6,8-11,14,19H,2,7,12-13,15H2,1H3,(H,22,25). The molecule has 1 heterocycles. The summed E-state index contributed by atoms with van der Waals surface area (Å²) in [4.78, 5) is 26.3. The maximum absolute atomic E-state index is 12.7. The third-order valence-electron chi connectivity index (χ3n) is 4.67. The van der Waals surface area contributed by atoms with Crippen LogP contribution in [0.25, 0.3) is 0 Å². The molecule has 1 fully saturated rings. The topological polar surface area (TPSA) is 49.4 Å². The van der Waals surface area contributed by atoms with Crippen LogP contribution in [-0.4, -0.2) is 23.3 Å². The average molecular weight is 336 g/mol. The Labute approximate surface area is 148 Å². The molecule has 1 aliphatic rings. The van der Waals surface area contributed by atoms with Gasteiger partial charge in [0.15, 0.2) is 0 Å². The molecule has 0 saturated carbocycles. The Balaban J connectivity index is 1.68. The number of carbonyl (C=O) groups excluding carboxylic acids is 2. The molecule has 4 nitrogen and oxygen atoms in total. The summed E-state index contributed by atoms with van der Waals surface area (Å²) in [5, 5.41) is 3.03. The minimum Gasteiger partial charge on any atom is -0.338 e. The van der Waals surface area contributed by atoms with Crippen molar-refractivity contribution in [2.24, 2.45) is 0 Å². The van der Waals surface area contributed by atoms with E-state index in [9.17, 15) is 9.59 Å². The van der Waals surface area contributed by atoms with Crippen LogP contribution in [0.15, 0.2) is 54.6 Å². The average Bonchev–Trinajstić information content (AvgIpc) is 3.02. The van der Waals surface area contributed by atoms with E-state index in [1.54, 1.807) is 0 Å². The molecule has 1 atom stereocenters. The van der Waals surface area contributed by atoms with Crippen LogP contribution in [0, 0.1) is 0 Å². The van der Waals surface area contributed by atoms with Crippen molar-refractivity contribution in [3.8, 4) is 0 Å². The minimum atomic E-state index is -0.162. The highest BCUT2D eigenvalue weighted by Gasteiger charge is 2.21. The summed E-state index contributed by atoms with van der Waals surface area (Å²) in [6.07, 6.45) is 2.33. The molecule has 0 spiro atoms. The zero-order valence-corrected chi connectivity index (χ0v) is 14.6. The van der Waals surface area contributed by atoms with E-state index in [2.05, 4.69) is 5.32 Å². The van der Waals surface area contributed by atoms with E-state index in [1.165, 1.54) is 0 Å². The first kappa shape index (κ1) is 17.2. The molecule has 0 aromatic heterocycles. The number of rotatable bonds is 6. The van der Waals surface area contributed by atoms with Crippen LogP contribution in [0.2, 0.25) is 0 Å². The van der Waals surface area contributed by atoms with Crippen LogP contribution >= 0.6 is 0 Å². The molecular formula is C21H24N2O2. The maximum Gasteiger partial charge on any atom is 0.231 e. The molecule has 3 rings (SSSR count). The maximum atomic E-state index is 12.7. The van der Waals surface area contributed by atoms with E-state index in [0.29, 0.717) is 13.0 Å². The predicted molar refractivity (Wildman–Crippen MR) is 99.2 cm³/mol. The second kappa shape index (κ2) is 7.97. The molecule has 0 radical (unpaired) electrons. The molecule has 0 bridgehead atoms. The van der Waals surface area contributed by atoms with Gasteiger partial charge in [-0.3, -0.25) is 9.59 Å². The van der Waals surface area contributed by atoms with Crippen molar-refractivity contribution in [1.29, 1.82) is 0 Å². The lowest BCUT2D eigenvalue weighted by atomic mass is 9.95. The number of carbonyl (C=O) groups is 2. The monoisotopic (exact) mass is 336 g/mol. The second-order valence-corrected chi connectivity index (χ2v) is 6.48. The van der Waals surface area contributed by atoms with Crippen LogP contribution in [-0.2, 0) is 16.1 Å². The van der Waals surface area contributed by atoms with Gasteiger partial charge in [0.05, 0.1) is 5.92 Å². The molecule has 1 saturated heterocycles. The number of hydrogen-bond donors (Lipinski definition) is 1. The summed E-state index contributed by atoms with van der Waals surface area (Å²) in [5.41, 5.74) is 2.85. The second-order valence-electron chi connectivity index (χ2n) is 6.48. The SMILES string of the molecule is CCC(C(=O)Nc1cccc(CN2CCCC2=O)c1)c1ccccc1. The molecule has 2 aromatic rings. The van der Waals surface area contributed by atoms with Gasteiger partial charge in [-0.1, -0.05) is 49.4 Å². The first-order valence-corrected chi connectivity index (χ1v) is 8.90. The number of anilines is 1. The van der Waals surface area contributed by atoms with Crippen molar-refractivity contribution in [2.45, 2.75) is 38.6 Å². The van der Waals surface area contributed by atoms with Crippen molar-refractivity contribution in [3.05, 3.63) is 65.7 Å². The lowest BCUT2D eigenvalue weighted by Crippen LogP contribution is -2.24. The van der Waals surface area contributed by atoms with Crippen molar-refractivity contribution in [1.82, 2.24) is 4.90 Å². The Morgan fingerprint density at radius 2 is 1.96 bits per heavy atom. The number of likely N-dealkylation sites (tertiary alicyclic amines) is 1. The molecule has 4 heteroatoms. The highest BCUT2D eigenvalue weighted by molar-refractivity contribution is 5.95. The van der Waals surface area contributed by atoms with Gasteiger partial charge in [-0.25, -0.2) is 0 Å². The van der Waals surface area contributed by atoms with Gasteiger partial charge in [0.2, 0.25) is 11.8 Å². The molecule has 25 heavy (non-hydrogen) atoms. The van der Waals surface area contributed by atoms with Gasteiger partial charge in [0, 0.05) is 25.2 Å². The number of benzene rings is 2. The zero-order chi connectivity index (χ0) is 17.6. The highest BCUT2D eigenvalue weighted by Crippen LogP contribution is 2.22. The molecule has 2 amide bonds. The zero-order valence-electron chi connectivity index (χ0n) is 14.6. The molecule has 2 aromatic carbocycles. The summed E-state index contributed by atoms with van der Waals surface area (Å²) in [6, 6.07) is 17.6. The molecular weight excluding hydrogens is 312 g/mol. The number of amides is 2. The van der Waals surface area contributed by atoms with Crippen LogP contribution in [0.5, 0.6) is 0 Å². The Hall–Kier alpha value is -2.62. The number of hydrogen-bond acceptors (Lipinski definition) is 2. The third kappa shape index (κ3) is 4.27. The molecule has 1 N–H and O–H groups in total. The smallest absolute Gasteiger partial charge is 0.231 e. The Bertz CT molecular complexity index is 743. The Kier molecular flexibility index (Phi) is 5.49. The van der Waals surface area contributed by atoms with E-state index in [0.717, 1.165) is 36.2 Å². The summed E-state index contributed by atoms with van der Waals surface area (Å²) >= 11 is 0. The van der Waals surface area contributed by atoms with E-state index in [-0.39, 0.29) is 17.7 Å². The summed E-state index contributed by atoms with van der Waals surface area (Å²) < 4.78 is 0. The molecule has 1 aliphatic heterocycles. The van der Waals surface area contributed by atoms with Gasteiger partial charge < -0.3 is 10.2 Å². The quantitative estimate of drug-likeness (QED) is 0.868. The van der Waals surface area contributed by atoms with Gasteiger partial charge in [-0.2, -0.15) is 0 Å². The van der Waals surface area contributed by atoms with E-state index < -0.39 is 0 Å². The van der Waals surface area contributed by atoms with Gasteiger partial charge in [-0.15, -0.1) is 0 Å². The predicted octanol–water partition coefficient (Wildman–Crippen LogP) is 3.94. The fraction of sp³-hybridized carbons (Fsp3) is 0.333. The van der Waals surface area contributed by atoms with E-state index in [1.807, 2.05) is 66.4 Å². The third-order valence-corrected chi connectivity index (χ3v) is 4.67. The Morgan fingerprint density at radius 3 is 2.64 bits per heavy atom. The van der Waals surface area contributed by atoms with Gasteiger partial charge in [0.1, 0.15) is 0 Å². The van der Waals surface area contributed by atoms with Crippen molar-refractivity contribution in [2.75, 3.05) is 11.9 Å². The van der Waals surface area contributed by atoms with E-state index in [4.69, 9.17) is 0 Å². The van der Waals surface area contributed by atoms with Crippen molar-refractivity contribution in [3.63, 3.8) is 0 Å². The summed E-state index contributed by atoms with van der Waals surface area (Å²) in [6.45, 7) is 3.45. The van der Waals surface area contributed by atoms with Crippen LogP contribution in [0.4, 0.5) is 5.69 Å². The first-order chi connectivity index (χ1) is 12.2. The largest absolute Gasteiger partial charge is 0.338 e. The van der Waals surface area contributed by atoms with Crippen molar-refractivity contribution < 1.29 is 9.59 Å². The number of nitrogens with zero attached hydrogens (tertiary/aromatic N) is 1. The lowest BCUT2D eigenvalue weighted by molar-refractivity contribution is -0.128. The van der Waals surface area contributed by atoms with Gasteiger partial charge in [-0.05, 0) is 36.1 Å². The fourth-order valence-electron chi connectivity index (χ4n) is 3.33. The molecule has 130 valence electrons. The Morgan fingerprint density at radius 1 is 1.16 bits per heavy atom. The normalized spacial score (nSPS) is 15.2. The molecule has 0 aliphatic carbocycles. The minimum absolute atomic E-state index is 0.00287. The summed E-state index contributed by atoms with van der Waals surface area (Å²) in [5.74, 6) is 0.0534. The lowest BCUT2D eigenvalue weighted by Gasteiger charge is -2.18. The first-order valence-electron chi connectivity index (χ1n) is 8.90. The van der Waals surface area contributed by atoms with E-state index >= 15 is 0 Å². The summed E-state index contributed by atoms with van der Waals surface area (Å²) in [7, 11) is 0.